The van der Waals surface area contributed by atoms with Gasteiger partial charge in [-0.25, -0.2) is 0 Å². The van der Waals surface area contributed by atoms with Crippen molar-refractivity contribution in [2.45, 2.75) is 33.4 Å². The molecule has 0 aliphatic heterocycles. The van der Waals surface area contributed by atoms with Gasteiger partial charge in [-0.05, 0) is 37.5 Å². The molecule has 0 unspecified atom stereocenters. The molecular formula is C17H19N3O4. The Kier molecular flexibility index (Phi) is 5.13. The third-order valence-electron chi connectivity index (χ3n) is 3.90. The number of carbonyl (C=O) groups excluding carboxylic acids is 1. The summed E-state index contributed by atoms with van der Waals surface area (Å²) in [6.07, 6.45) is 1.07. The van der Waals surface area contributed by atoms with Gasteiger partial charge in [-0.1, -0.05) is 18.2 Å². The molecule has 1 N–H and O–H groups in total. The summed E-state index contributed by atoms with van der Waals surface area (Å²) >= 11 is 0. The molecule has 24 heavy (non-hydrogen) atoms. The highest BCUT2D eigenvalue weighted by atomic mass is 16.6. The second-order valence-corrected chi connectivity index (χ2v) is 5.74. The Morgan fingerprint density at radius 1 is 1.25 bits per heavy atom. The van der Waals surface area contributed by atoms with E-state index in [0.717, 1.165) is 34.0 Å². The van der Waals surface area contributed by atoms with Crippen molar-refractivity contribution in [1.82, 2.24) is 9.88 Å². The molecule has 0 fully saturated rings. The van der Waals surface area contributed by atoms with Gasteiger partial charge < -0.3 is 5.32 Å². The summed E-state index contributed by atoms with van der Waals surface area (Å²) < 4.78 is 1.03. The number of nitro groups is 1. The number of hydrogen-bond acceptors (Lipinski definition) is 4. The predicted octanol–water partition coefficient (Wildman–Crippen LogP) is 2.25. The van der Waals surface area contributed by atoms with Crippen LogP contribution >= 0.6 is 0 Å². The Morgan fingerprint density at radius 2 is 1.96 bits per heavy atom. The number of hydrogen-bond donors (Lipinski definition) is 1. The molecule has 2 aromatic rings. The number of pyridine rings is 1. The second kappa shape index (κ2) is 7.08. The maximum Gasteiger partial charge on any atom is 0.285 e. The van der Waals surface area contributed by atoms with Crippen LogP contribution in [0.25, 0.3) is 0 Å². The van der Waals surface area contributed by atoms with E-state index in [1.54, 1.807) is 0 Å². The zero-order valence-corrected chi connectivity index (χ0v) is 13.8. The summed E-state index contributed by atoms with van der Waals surface area (Å²) in [7, 11) is 0. The highest BCUT2D eigenvalue weighted by molar-refractivity contribution is 5.76. The Balaban J connectivity index is 2.10. The van der Waals surface area contributed by atoms with E-state index in [4.69, 9.17) is 0 Å². The van der Waals surface area contributed by atoms with Crippen LogP contribution in [0, 0.1) is 24.0 Å². The number of carbonyl (C=O) groups is 1. The molecule has 7 heteroatoms. The molecule has 1 heterocycles. The molecule has 0 radical (unpaired) electrons. The molecule has 1 atom stereocenters. The molecule has 1 aromatic heterocycles. The monoisotopic (exact) mass is 329 g/mol. The lowest BCUT2D eigenvalue weighted by molar-refractivity contribution is -0.385. The zero-order valence-electron chi connectivity index (χ0n) is 13.8. The highest BCUT2D eigenvalue weighted by Gasteiger charge is 2.13. The smallest absolute Gasteiger partial charge is 0.285 e. The van der Waals surface area contributed by atoms with E-state index >= 15 is 0 Å². The fourth-order valence-corrected chi connectivity index (χ4v) is 2.31. The summed E-state index contributed by atoms with van der Waals surface area (Å²) in [5.74, 6) is -0.386. The first-order chi connectivity index (χ1) is 11.3. The first kappa shape index (κ1) is 17.4. The molecule has 0 spiro atoms. The van der Waals surface area contributed by atoms with Crippen molar-refractivity contribution in [1.29, 1.82) is 0 Å². The summed E-state index contributed by atoms with van der Waals surface area (Å²) in [5, 5.41) is 13.6. The van der Waals surface area contributed by atoms with Gasteiger partial charge >= 0.3 is 0 Å². The van der Waals surface area contributed by atoms with Gasteiger partial charge in [-0.15, -0.1) is 0 Å². The SMILES string of the molecule is Cc1ccc([C@H](C)NC(=O)Cn2cc([N+](=O)[O-])ccc2=O)cc1C. The second-order valence-electron chi connectivity index (χ2n) is 5.74. The van der Waals surface area contributed by atoms with Gasteiger partial charge in [0.25, 0.3) is 11.2 Å². The number of amides is 1. The maximum absolute atomic E-state index is 12.1. The first-order valence-corrected chi connectivity index (χ1v) is 7.49. The standard InChI is InChI=1S/C17H19N3O4/c1-11-4-5-14(8-12(11)2)13(3)18-16(21)10-19-9-15(20(23)24)6-7-17(19)22/h4-9,13H,10H2,1-3H3,(H,18,21)/t13-/m0/s1. The predicted molar refractivity (Wildman–Crippen MR) is 89.8 cm³/mol. The van der Waals surface area contributed by atoms with Gasteiger partial charge in [0.1, 0.15) is 6.54 Å². The molecule has 7 nitrogen and oxygen atoms in total. The number of nitrogens with one attached hydrogen (secondary N) is 1. The molecule has 0 aliphatic carbocycles. The van der Waals surface area contributed by atoms with Gasteiger partial charge in [0, 0.05) is 12.1 Å². The Bertz CT molecular complexity index is 842. The zero-order chi connectivity index (χ0) is 17.9. The van der Waals surface area contributed by atoms with Crippen molar-refractivity contribution < 1.29 is 9.72 Å². The first-order valence-electron chi connectivity index (χ1n) is 7.49. The summed E-state index contributed by atoms with van der Waals surface area (Å²) in [4.78, 5) is 34.0. The van der Waals surface area contributed by atoms with Gasteiger partial charge in [-0.3, -0.25) is 24.3 Å². The quantitative estimate of drug-likeness (QED) is 0.672. The minimum Gasteiger partial charge on any atom is -0.348 e. The third kappa shape index (κ3) is 4.07. The van der Waals surface area contributed by atoms with Crippen molar-refractivity contribution in [3.63, 3.8) is 0 Å². The summed E-state index contributed by atoms with van der Waals surface area (Å²) in [6, 6.07) is 7.89. The van der Waals surface area contributed by atoms with E-state index < -0.39 is 10.5 Å². The largest absolute Gasteiger partial charge is 0.348 e. The van der Waals surface area contributed by atoms with E-state index in [0.29, 0.717) is 0 Å². The van der Waals surface area contributed by atoms with Crippen molar-refractivity contribution in [2.75, 3.05) is 0 Å². The van der Waals surface area contributed by atoms with Gasteiger partial charge in [-0.2, -0.15) is 0 Å². The van der Waals surface area contributed by atoms with Crippen LogP contribution < -0.4 is 10.9 Å². The number of aryl methyl sites for hydroxylation is 2. The molecule has 0 bridgehead atoms. The van der Waals surface area contributed by atoms with Gasteiger partial charge in [0.2, 0.25) is 5.91 Å². The van der Waals surface area contributed by atoms with Crippen molar-refractivity contribution in [3.05, 3.63) is 73.7 Å². The highest BCUT2D eigenvalue weighted by Crippen LogP contribution is 2.16. The number of aromatic nitrogens is 1. The molecule has 1 amide bonds. The Labute approximate surface area is 139 Å². The van der Waals surface area contributed by atoms with Crippen molar-refractivity contribution >= 4 is 11.6 Å². The normalized spacial score (nSPS) is 11.8. The van der Waals surface area contributed by atoms with Crippen LogP contribution in [-0.4, -0.2) is 15.4 Å². The topological polar surface area (TPSA) is 94.2 Å². The minimum atomic E-state index is -0.606. The molecule has 0 saturated carbocycles. The van der Waals surface area contributed by atoms with Crippen LogP contribution in [-0.2, 0) is 11.3 Å². The maximum atomic E-state index is 12.1. The lowest BCUT2D eigenvalue weighted by Gasteiger charge is -2.16. The molecule has 2 rings (SSSR count). The third-order valence-corrected chi connectivity index (χ3v) is 3.90. The number of benzene rings is 1. The fourth-order valence-electron chi connectivity index (χ4n) is 2.31. The van der Waals surface area contributed by atoms with Crippen molar-refractivity contribution in [3.8, 4) is 0 Å². The van der Waals surface area contributed by atoms with Crippen LogP contribution in [0.5, 0.6) is 0 Å². The van der Waals surface area contributed by atoms with Crippen LogP contribution in [0.1, 0.15) is 29.7 Å². The number of nitrogens with zero attached hydrogens (tertiary/aromatic N) is 2. The number of rotatable bonds is 5. The van der Waals surface area contributed by atoms with Crippen LogP contribution in [0.3, 0.4) is 0 Å². The van der Waals surface area contributed by atoms with E-state index in [2.05, 4.69) is 5.32 Å². The molecule has 1 aromatic carbocycles. The average Bonchev–Trinajstić information content (AvgIpc) is 2.51. The fraction of sp³-hybridized carbons (Fsp3) is 0.294. The van der Waals surface area contributed by atoms with Crippen LogP contribution in [0.15, 0.2) is 41.3 Å². The van der Waals surface area contributed by atoms with Crippen LogP contribution in [0.2, 0.25) is 0 Å². The average molecular weight is 329 g/mol. The summed E-state index contributed by atoms with van der Waals surface area (Å²) in [5.41, 5.74) is 2.56. The Morgan fingerprint density at radius 3 is 2.58 bits per heavy atom. The molecule has 126 valence electrons. The van der Waals surface area contributed by atoms with Gasteiger partial charge in [0.05, 0.1) is 17.2 Å². The lowest BCUT2D eigenvalue weighted by atomic mass is 10.0. The molecule has 0 aliphatic rings. The van der Waals surface area contributed by atoms with E-state index in [1.807, 2.05) is 39.0 Å². The molecule has 0 saturated heterocycles. The van der Waals surface area contributed by atoms with E-state index in [9.17, 15) is 19.7 Å². The van der Waals surface area contributed by atoms with Crippen LogP contribution in [0.4, 0.5) is 5.69 Å². The molecular weight excluding hydrogens is 310 g/mol. The van der Waals surface area contributed by atoms with Gasteiger partial charge in [0.15, 0.2) is 0 Å². The van der Waals surface area contributed by atoms with Crippen molar-refractivity contribution in [2.24, 2.45) is 0 Å². The van der Waals surface area contributed by atoms with E-state index in [1.165, 1.54) is 5.56 Å². The minimum absolute atomic E-state index is 0.230. The lowest BCUT2D eigenvalue weighted by Crippen LogP contribution is -2.33. The Hall–Kier alpha value is -2.96. The summed E-state index contributed by atoms with van der Waals surface area (Å²) in [6.45, 7) is 5.58. The van der Waals surface area contributed by atoms with E-state index in [-0.39, 0.29) is 24.2 Å².